The van der Waals surface area contributed by atoms with E-state index in [0.29, 0.717) is 24.1 Å². The normalized spacial score (nSPS) is 22.4. The van der Waals surface area contributed by atoms with Crippen molar-refractivity contribution in [1.82, 2.24) is 19.8 Å². The molecule has 0 atom stereocenters. The number of amides is 1. The Hall–Kier alpha value is -3.02. The van der Waals surface area contributed by atoms with Crippen LogP contribution >= 0.6 is 0 Å². The summed E-state index contributed by atoms with van der Waals surface area (Å²) in [5.41, 5.74) is 8.60. The number of aliphatic hydroxyl groups excluding tert-OH is 1. The zero-order valence-electron chi connectivity index (χ0n) is 23.8. The number of nitrogens with zero attached hydrogens (tertiary/aromatic N) is 5. The van der Waals surface area contributed by atoms with Gasteiger partial charge >= 0.3 is 0 Å². The van der Waals surface area contributed by atoms with Gasteiger partial charge in [0.25, 0.3) is 5.91 Å². The molecule has 228 valence electrons. The highest BCUT2D eigenvalue weighted by Gasteiger charge is 2.27. The van der Waals surface area contributed by atoms with Gasteiger partial charge < -0.3 is 31.3 Å². The molecule has 2 saturated heterocycles. The lowest BCUT2D eigenvalue weighted by atomic mass is 9.93. The second kappa shape index (κ2) is 14.7. The molecule has 3 aliphatic rings. The maximum atomic E-state index is 12.3. The van der Waals surface area contributed by atoms with Gasteiger partial charge in [0.15, 0.2) is 11.5 Å². The van der Waals surface area contributed by atoms with Crippen molar-refractivity contribution < 1.29 is 14.6 Å². The summed E-state index contributed by atoms with van der Waals surface area (Å²) in [6.07, 6.45) is 6.10. The van der Waals surface area contributed by atoms with Gasteiger partial charge in [-0.1, -0.05) is 14.4 Å². The van der Waals surface area contributed by atoms with E-state index in [2.05, 4.69) is 49.5 Å². The molecule has 0 spiro atoms. The first-order valence-electron chi connectivity index (χ1n) is 14.6. The monoisotopic (exact) mass is 572 g/mol. The predicted molar refractivity (Wildman–Crippen MR) is 165 cm³/mol. The summed E-state index contributed by atoms with van der Waals surface area (Å²) < 4.78 is 0. The number of carbonyl (C=O) groups excluding carboxylic acids is 1. The molecule has 0 radical (unpaired) electrons. The number of primary amides is 1. The standard InChI is InChI=1S/C29H44N8O2.CH4.FH/c1-3-25-28(31-21-6-10-24(38)11-7-21)34-29(26(33-25)27(30)39)32-20-4-8-22(9-5-20)36-14-12-23(13-15-36)37-18-16-35(2)17-19-37;;/h4-5,8-9,21,23-24,38H,3,6-7,10-19H2,1-2H3,(H2,30,39)(H2,31,32,34);1H4;1H. The molecule has 1 aromatic carbocycles. The number of aliphatic hydroxyl groups is 1. The summed E-state index contributed by atoms with van der Waals surface area (Å²) in [7, 11) is 2.21. The molecular formula is C30H49FN8O2. The fraction of sp³-hybridized carbons (Fsp3) is 0.633. The summed E-state index contributed by atoms with van der Waals surface area (Å²) in [5.74, 6) is 0.428. The maximum Gasteiger partial charge on any atom is 0.271 e. The first kappa shape index (κ1) is 32.5. The van der Waals surface area contributed by atoms with Gasteiger partial charge in [0.1, 0.15) is 5.82 Å². The Labute approximate surface area is 244 Å². The topological polar surface area (TPSA) is 123 Å². The van der Waals surface area contributed by atoms with Crippen LogP contribution in [0.15, 0.2) is 24.3 Å². The number of hydrogen-bond donors (Lipinski definition) is 4. The molecule has 1 aromatic heterocycles. The van der Waals surface area contributed by atoms with Crippen molar-refractivity contribution >= 4 is 28.9 Å². The molecule has 5 rings (SSSR count). The number of nitrogens with one attached hydrogen (secondary N) is 2. The quantitative estimate of drug-likeness (QED) is 0.376. The molecule has 0 bridgehead atoms. The zero-order valence-corrected chi connectivity index (χ0v) is 23.8. The Morgan fingerprint density at radius 1 is 0.951 bits per heavy atom. The van der Waals surface area contributed by atoms with E-state index in [-0.39, 0.29) is 30.0 Å². The first-order valence-corrected chi connectivity index (χ1v) is 14.6. The lowest BCUT2D eigenvalue weighted by Crippen LogP contribution is -2.52. The van der Waals surface area contributed by atoms with Crippen molar-refractivity contribution in [2.45, 2.75) is 77.5 Å². The van der Waals surface area contributed by atoms with Gasteiger partial charge in [0, 0.05) is 62.7 Å². The molecule has 0 unspecified atom stereocenters. The second-order valence-corrected chi connectivity index (χ2v) is 11.3. The Morgan fingerprint density at radius 2 is 1.59 bits per heavy atom. The fourth-order valence-corrected chi connectivity index (χ4v) is 6.07. The van der Waals surface area contributed by atoms with Crippen LogP contribution in [0.4, 0.5) is 27.7 Å². The molecule has 41 heavy (non-hydrogen) atoms. The third kappa shape index (κ3) is 8.05. The van der Waals surface area contributed by atoms with Gasteiger partial charge in [-0.3, -0.25) is 14.4 Å². The number of nitrogens with two attached hydrogens (primary N) is 1. The van der Waals surface area contributed by atoms with Gasteiger partial charge in [0.05, 0.1) is 11.8 Å². The first-order chi connectivity index (χ1) is 18.9. The van der Waals surface area contributed by atoms with E-state index in [9.17, 15) is 9.90 Å². The van der Waals surface area contributed by atoms with Crippen LogP contribution in [-0.4, -0.2) is 95.3 Å². The largest absolute Gasteiger partial charge is 0.393 e. The van der Waals surface area contributed by atoms with E-state index in [4.69, 9.17) is 10.7 Å². The third-order valence-electron chi connectivity index (χ3n) is 8.59. The number of benzene rings is 1. The highest BCUT2D eigenvalue weighted by molar-refractivity contribution is 5.96. The SMILES string of the molecule is C.CCc1nc(C(N)=O)c(Nc2ccc(N3CCC(N4CCN(C)CC4)CC3)cc2)nc1NC1CCC(O)CC1.F. The molecule has 3 fully saturated rings. The summed E-state index contributed by atoms with van der Waals surface area (Å²) in [4.78, 5) is 29.2. The minimum Gasteiger partial charge on any atom is -0.393 e. The number of aromatic nitrogens is 2. The van der Waals surface area contributed by atoms with Crippen molar-refractivity contribution in [2.75, 3.05) is 61.8 Å². The van der Waals surface area contributed by atoms with Gasteiger partial charge in [-0.2, -0.15) is 0 Å². The molecular weight excluding hydrogens is 523 g/mol. The molecule has 3 heterocycles. The summed E-state index contributed by atoms with van der Waals surface area (Å²) in [5, 5.41) is 16.6. The number of anilines is 4. The second-order valence-electron chi connectivity index (χ2n) is 11.3. The van der Waals surface area contributed by atoms with Gasteiger partial charge in [-0.05, 0) is 76.3 Å². The number of aryl methyl sites for hydroxylation is 1. The van der Waals surface area contributed by atoms with Crippen LogP contribution in [0.1, 0.15) is 69.1 Å². The van der Waals surface area contributed by atoms with Gasteiger partial charge in [-0.25, -0.2) is 9.97 Å². The lowest BCUT2D eigenvalue weighted by Gasteiger charge is -2.42. The Balaban J connectivity index is 0.00000231. The van der Waals surface area contributed by atoms with E-state index in [0.717, 1.165) is 50.2 Å². The summed E-state index contributed by atoms with van der Waals surface area (Å²) in [6, 6.07) is 9.22. The van der Waals surface area contributed by atoms with E-state index in [1.807, 2.05) is 19.1 Å². The average molecular weight is 573 g/mol. The Kier molecular flexibility index (Phi) is 11.7. The lowest BCUT2D eigenvalue weighted by molar-refractivity contribution is 0.0982. The third-order valence-corrected chi connectivity index (χ3v) is 8.59. The number of rotatable bonds is 8. The Bertz CT molecular complexity index is 1110. The molecule has 5 N–H and O–H groups in total. The van der Waals surface area contributed by atoms with Crippen LogP contribution in [-0.2, 0) is 6.42 Å². The molecule has 1 amide bonds. The predicted octanol–water partition coefficient (Wildman–Crippen LogP) is 3.60. The van der Waals surface area contributed by atoms with Crippen molar-refractivity contribution in [3.63, 3.8) is 0 Å². The van der Waals surface area contributed by atoms with Crippen molar-refractivity contribution in [2.24, 2.45) is 5.73 Å². The number of halogens is 1. The number of likely N-dealkylation sites (N-methyl/N-ethyl adjacent to an activating group) is 1. The average Bonchev–Trinajstić information content (AvgIpc) is 2.95. The number of carbonyl (C=O) groups is 1. The summed E-state index contributed by atoms with van der Waals surface area (Å²) in [6.45, 7) is 8.81. The minimum absolute atomic E-state index is 0. The van der Waals surface area contributed by atoms with E-state index >= 15 is 0 Å². The van der Waals surface area contributed by atoms with Crippen LogP contribution in [0.2, 0.25) is 0 Å². The van der Waals surface area contributed by atoms with Crippen molar-refractivity contribution in [3.05, 3.63) is 35.7 Å². The van der Waals surface area contributed by atoms with E-state index < -0.39 is 5.91 Å². The number of piperazine rings is 1. The molecule has 1 saturated carbocycles. The molecule has 1 aliphatic carbocycles. The van der Waals surface area contributed by atoms with Gasteiger partial charge in [-0.15, -0.1) is 0 Å². The minimum atomic E-state index is -0.605. The molecule has 2 aromatic rings. The highest BCUT2D eigenvalue weighted by atomic mass is 19.0. The fourth-order valence-electron chi connectivity index (χ4n) is 6.07. The van der Waals surface area contributed by atoms with Crippen LogP contribution < -0.4 is 21.3 Å². The van der Waals surface area contributed by atoms with E-state index in [1.165, 1.54) is 44.7 Å². The number of piperidine rings is 1. The molecule has 10 nitrogen and oxygen atoms in total. The maximum absolute atomic E-state index is 12.3. The van der Waals surface area contributed by atoms with Crippen molar-refractivity contribution in [3.8, 4) is 0 Å². The van der Waals surface area contributed by atoms with Crippen LogP contribution in [0.5, 0.6) is 0 Å². The van der Waals surface area contributed by atoms with Crippen molar-refractivity contribution in [1.29, 1.82) is 0 Å². The van der Waals surface area contributed by atoms with Crippen LogP contribution in [0, 0.1) is 0 Å². The van der Waals surface area contributed by atoms with Crippen LogP contribution in [0.25, 0.3) is 0 Å². The number of hydrogen-bond acceptors (Lipinski definition) is 9. The zero-order chi connectivity index (χ0) is 27.4. The smallest absolute Gasteiger partial charge is 0.271 e. The summed E-state index contributed by atoms with van der Waals surface area (Å²) >= 11 is 0. The molecule has 2 aliphatic heterocycles. The molecule has 11 heteroatoms. The Morgan fingerprint density at radius 3 is 2.17 bits per heavy atom. The van der Waals surface area contributed by atoms with Crippen LogP contribution in [0.3, 0.4) is 0 Å². The highest BCUT2D eigenvalue weighted by Crippen LogP contribution is 2.28. The van der Waals surface area contributed by atoms with E-state index in [1.54, 1.807) is 0 Å². The van der Waals surface area contributed by atoms with Gasteiger partial charge in [0.2, 0.25) is 0 Å².